The number of hydrogen-bond donors (Lipinski definition) is 0. The normalized spacial score (nSPS) is 14.3. The number of unbranched alkanes of at least 4 members (excludes halogenated alkanes) is 17. The number of carbonyl (C=O) groups excluding carboxylic acids is 2. The lowest BCUT2D eigenvalue weighted by Gasteiger charge is -2.28. The standard InChI is InChI=1S/C50H86NO8P/c1-6-8-10-12-14-16-18-20-21-22-23-24-25-26-27-28-29-31-32-34-36-38-40-42-49(52)56-46-48(47-58-60(54,55)57-45-44-51(3,4)5)59-50(53)43-41-39-37-35-33-30-19-17-15-13-11-9-7-2/h9,11,13,15,17,19,23-24,26-27,30,33,35,37,48H,6-8,10,12,14,16,18,20-22,25,28-29,31-32,34,36,38-47H2,1-5H3/b11-9+,15-13+,19-17+,24-23+,27-26+,33-30+,37-35+. The molecule has 0 aliphatic rings. The van der Waals surface area contributed by atoms with Crippen LogP contribution >= 0.6 is 7.82 Å². The number of rotatable bonds is 41. The summed E-state index contributed by atoms with van der Waals surface area (Å²) in [5.41, 5.74) is 0. The molecule has 344 valence electrons. The number of quaternary nitrogens is 1. The summed E-state index contributed by atoms with van der Waals surface area (Å²) in [5.74, 6) is -0.937. The Morgan fingerprint density at radius 1 is 0.550 bits per heavy atom. The lowest BCUT2D eigenvalue weighted by Crippen LogP contribution is -2.37. The molecule has 0 saturated carbocycles. The largest absolute Gasteiger partial charge is 0.756 e. The molecule has 0 aliphatic heterocycles. The van der Waals surface area contributed by atoms with Crippen molar-refractivity contribution < 1.29 is 42.1 Å². The van der Waals surface area contributed by atoms with E-state index in [-0.39, 0.29) is 26.1 Å². The Labute approximate surface area is 367 Å². The highest BCUT2D eigenvalue weighted by Crippen LogP contribution is 2.38. The fourth-order valence-corrected chi connectivity index (χ4v) is 6.62. The predicted molar refractivity (Wildman–Crippen MR) is 249 cm³/mol. The Morgan fingerprint density at radius 2 is 1.03 bits per heavy atom. The van der Waals surface area contributed by atoms with Crippen LogP contribution in [-0.2, 0) is 32.7 Å². The molecule has 0 saturated heterocycles. The Bertz CT molecular complexity index is 1290. The van der Waals surface area contributed by atoms with Crippen LogP contribution in [0.5, 0.6) is 0 Å². The van der Waals surface area contributed by atoms with E-state index in [0.717, 1.165) is 38.5 Å². The minimum Gasteiger partial charge on any atom is -0.756 e. The fraction of sp³-hybridized carbons (Fsp3) is 0.680. The number of nitrogens with zero attached hydrogens (tertiary/aromatic N) is 1. The van der Waals surface area contributed by atoms with Gasteiger partial charge < -0.3 is 27.9 Å². The van der Waals surface area contributed by atoms with Gasteiger partial charge >= 0.3 is 11.9 Å². The first kappa shape index (κ1) is 57.2. The summed E-state index contributed by atoms with van der Waals surface area (Å²) in [5, 5.41) is 0. The lowest BCUT2D eigenvalue weighted by molar-refractivity contribution is -0.870. The van der Waals surface area contributed by atoms with Gasteiger partial charge in [-0.3, -0.25) is 14.2 Å². The number of esters is 2. The number of allylic oxidation sites excluding steroid dienone is 14. The van der Waals surface area contributed by atoms with Gasteiger partial charge in [-0.25, -0.2) is 0 Å². The van der Waals surface area contributed by atoms with Crippen LogP contribution in [0.3, 0.4) is 0 Å². The highest BCUT2D eigenvalue weighted by Gasteiger charge is 2.21. The third kappa shape index (κ3) is 44.7. The zero-order valence-electron chi connectivity index (χ0n) is 38.6. The summed E-state index contributed by atoms with van der Waals surface area (Å²) in [6.45, 7) is 3.97. The molecule has 0 aliphatic carbocycles. The molecule has 0 spiro atoms. The molecule has 0 radical (unpaired) electrons. The topological polar surface area (TPSA) is 111 Å². The van der Waals surface area contributed by atoms with Crippen LogP contribution < -0.4 is 4.89 Å². The van der Waals surface area contributed by atoms with Crippen molar-refractivity contribution in [2.45, 2.75) is 174 Å². The molecule has 0 heterocycles. The van der Waals surface area contributed by atoms with Gasteiger partial charge in [-0.2, -0.15) is 0 Å². The SMILES string of the molecule is CC/C=C/C=C/C=C/C=C/C=C/CCCC(=O)OC(COC(=O)CCCCCCCCC/C=C/C/C=C/CCCCCCCCCCC)COP(=O)([O-])OCC[N+](C)(C)C. The van der Waals surface area contributed by atoms with E-state index >= 15 is 0 Å². The number of carbonyl (C=O) groups is 2. The highest BCUT2D eigenvalue weighted by molar-refractivity contribution is 7.45. The molecule has 0 N–H and O–H groups in total. The van der Waals surface area contributed by atoms with Crippen LogP contribution in [0.25, 0.3) is 0 Å². The monoisotopic (exact) mass is 860 g/mol. The van der Waals surface area contributed by atoms with Crippen molar-refractivity contribution >= 4 is 19.8 Å². The van der Waals surface area contributed by atoms with E-state index < -0.39 is 32.5 Å². The molecule has 2 unspecified atom stereocenters. The van der Waals surface area contributed by atoms with E-state index in [1.807, 2.05) is 75.8 Å². The molecule has 0 bridgehead atoms. The first-order chi connectivity index (χ1) is 29.0. The maximum absolute atomic E-state index is 12.6. The molecular weight excluding hydrogens is 774 g/mol. The van der Waals surface area contributed by atoms with E-state index in [1.165, 1.54) is 83.5 Å². The summed E-state index contributed by atoms with van der Waals surface area (Å²) >= 11 is 0. The van der Waals surface area contributed by atoms with E-state index in [9.17, 15) is 19.0 Å². The fourth-order valence-electron chi connectivity index (χ4n) is 5.89. The highest BCUT2D eigenvalue weighted by atomic mass is 31.2. The van der Waals surface area contributed by atoms with Crippen molar-refractivity contribution in [2.24, 2.45) is 0 Å². The quantitative estimate of drug-likeness (QED) is 0.0149. The first-order valence-corrected chi connectivity index (χ1v) is 24.8. The zero-order chi connectivity index (χ0) is 44.3. The van der Waals surface area contributed by atoms with Crippen molar-refractivity contribution in [1.82, 2.24) is 0 Å². The van der Waals surface area contributed by atoms with Gasteiger partial charge in [0, 0.05) is 12.8 Å². The van der Waals surface area contributed by atoms with Gasteiger partial charge in [0.05, 0.1) is 27.7 Å². The molecule has 60 heavy (non-hydrogen) atoms. The van der Waals surface area contributed by atoms with Crippen LogP contribution in [0.2, 0.25) is 0 Å². The van der Waals surface area contributed by atoms with Gasteiger partial charge in [-0.05, 0) is 57.8 Å². The van der Waals surface area contributed by atoms with Crippen LogP contribution in [-0.4, -0.2) is 70.0 Å². The van der Waals surface area contributed by atoms with Crippen molar-refractivity contribution in [1.29, 1.82) is 0 Å². The number of phosphoric ester groups is 1. The second kappa shape index (κ2) is 41.5. The van der Waals surface area contributed by atoms with Gasteiger partial charge in [-0.15, -0.1) is 0 Å². The van der Waals surface area contributed by atoms with Crippen molar-refractivity contribution in [3.63, 3.8) is 0 Å². The van der Waals surface area contributed by atoms with E-state index in [0.29, 0.717) is 30.3 Å². The van der Waals surface area contributed by atoms with Gasteiger partial charge in [0.2, 0.25) is 0 Å². The third-order valence-electron chi connectivity index (χ3n) is 9.53. The minimum absolute atomic E-state index is 0.0503. The van der Waals surface area contributed by atoms with Crippen LogP contribution in [0.4, 0.5) is 0 Å². The van der Waals surface area contributed by atoms with E-state index in [2.05, 4.69) is 44.2 Å². The molecule has 0 aromatic carbocycles. The Morgan fingerprint density at radius 3 is 1.58 bits per heavy atom. The molecule has 0 amide bonds. The second-order valence-electron chi connectivity index (χ2n) is 16.5. The molecule has 0 aromatic heterocycles. The van der Waals surface area contributed by atoms with Gasteiger partial charge in [0.1, 0.15) is 19.8 Å². The van der Waals surface area contributed by atoms with E-state index in [4.69, 9.17) is 18.5 Å². The average Bonchev–Trinajstić information content (AvgIpc) is 3.20. The van der Waals surface area contributed by atoms with Crippen LogP contribution in [0.1, 0.15) is 168 Å². The third-order valence-corrected chi connectivity index (χ3v) is 10.5. The van der Waals surface area contributed by atoms with Crippen LogP contribution in [0, 0.1) is 0 Å². The second-order valence-corrected chi connectivity index (χ2v) is 17.9. The smallest absolute Gasteiger partial charge is 0.306 e. The summed E-state index contributed by atoms with van der Waals surface area (Å²) < 4.78 is 33.8. The molecule has 0 aromatic rings. The number of phosphoric acid groups is 1. The van der Waals surface area contributed by atoms with Gasteiger partial charge in [0.25, 0.3) is 7.82 Å². The Kier molecular flexibility index (Phi) is 39.6. The molecule has 0 fully saturated rings. The predicted octanol–water partition coefficient (Wildman–Crippen LogP) is 12.9. The summed E-state index contributed by atoms with van der Waals surface area (Å²) in [6.07, 6.45) is 53.5. The summed E-state index contributed by atoms with van der Waals surface area (Å²) in [7, 11) is 1.10. The average molecular weight is 860 g/mol. The van der Waals surface area contributed by atoms with Gasteiger partial charge in [-0.1, -0.05) is 182 Å². The summed E-state index contributed by atoms with van der Waals surface area (Å²) in [4.78, 5) is 37.5. The van der Waals surface area contributed by atoms with Crippen molar-refractivity contribution in [3.8, 4) is 0 Å². The Balaban J connectivity index is 4.35. The lowest BCUT2D eigenvalue weighted by atomic mass is 10.1. The maximum Gasteiger partial charge on any atom is 0.306 e. The first-order valence-electron chi connectivity index (χ1n) is 23.4. The van der Waals surface area contributed by atoms with E-state index in [1.54, 1.807) is 0 Å². The summed E-state index contributed by atoms with van der Waals surface area (Å²) in [6, 6.07) is 0. The molecule has 2 atom stereocenters. The van der Waals surface area contributed by atoms with Crippen molar-refractivity contribution in [2.75, 3.05) is 47.5 Å². The zero-order valence-corrected chi connectivity index (χ0v) is 39.5. The van der Waals surface area contributed by atoms with Crippen molar-refractivity contribution in [3.05, 3.63) is 85.1 Å². The van der Waals surface area contributed by atoms with Crippen LogP contribution in [0.15, 0.2) is 85.1 Å². The maximum atomic E-state index is 12.6. The minimum atomic E-state index is -4.65. The molecule has 9 nitrogen and oxygen atoms in total. The molecule has 10 heteroatoms. The Hall–Kier alpha value is -2.81. The molecular formula is C50H86NO8P. The number of hydrogen-bond acceptors (Lipinski definition) is 8. The number of likely N-dealkylation sites (N-methyl/N-ethyl adjacent to an activating group) is 1. The number of ether oxygens (including phenoxy) is 2. The van der Waals surface area contributed by atoms with Gasteiger partial charge in [0.15, 0.2) is 6.10 Å². The molecule has 0 rings (SSSR count).